The molecule has 0 aliphatic heterocycles. The van der Waals surface area contributed by atoms with Crippen molar-refractivity contribution in [3.8, 4) is 0 Å². The molecular formula is C8H12N2O2. The van der Waals surface area contributed by atoms with E-state index in [-0.39, 0.29) is 30.2 Å². The Bertz CT molecular complexity index is 225. The topological polar surface area (TPSA) is 73.2 Å². The number of nitrogens with one attached hydrogen (secondary N) is 2. The normalized spacial score (nSPS) is 26.1. The van der Waals surface area contributed by atoms with Gasteiger partial charge in [0, 0.05) is 12.5 Å². The van der Waals surface area contributed by atoms with E-state index in [4.69, 9.17) is 10.5 Å². The van der Waals surface area contributed by atoms with Crippen LogP contribution in [0, 0.1) is 17.2 Å². The van der Waals surface area contributed by atoms with E-state index >= 15 is 0 Å². The molecule has 0 aromatic carbocycles. The molecule has 1 fully saturated rings. The van der Waals surface area contributed by atoms with E-state index in [1.165, 1.54) is 6.08 Å². The fraction of sp³-hybridized carbons (Fsp3) is 0.500. The Morgan fingerprint density at radius 3 is 2.92 bits per heavy atom. The van der Waals surface area contributed by atoms with E-state index < -0.39 is 0 Å². The minimum atomic E-state index is -0.182. The van der Waals surface area contributed by atoms with Gasteiger partial charge in [0.1, 0.15) is 5.84 Å². The van der Waals surface area contributed by atoms with E-state index in [0.717, 1.165) is 6.42 Å². The molecule has 0 aromatic rings. The quantitative estimate of drug-likeness (QED) is 0.406. The Kier molecular flexibility index (Phi) is 2.60. The highest BCUT2D eigenvalue weighted by Crippen LogP contribution is 2.37. The summed E-state index contributed by atoms with van der Waals surface area (Å²) in [6.45, 7) is 3.40. The first-order valence-corrected chi connectivity index (χ1v) is 3.81. The van der Waals surface area contributed by atoms with Crippen LogP contribution in [0.3, 0.4) is 0 Å². The molecule has 12 heavy (non-hydrogen) atoms. The number of aliphatic hydroxyl groups is 1. The van der Waals surface area contributed by atoms with Crippen LogP contribution in [0.2, 0.25) is 0 Å². The van der Waals surface area contributed by atoms with Crippen LogP contribution in [0.25, 0.3) is 0 Å². The fourth-order valence-electron chi connectivity index (χ4n) is 1.05. The largest absolute Gasteiger partial charge is 0.396 e. The second-order valence-electron chi connectivity index (χ2n) is 2.89. The first-order chi connectivity index (χ1) is 5.69. The summed E-state index contributed by atoms with van der Waals surface area (Å²) in [7, 11) is 0. The molecule has 1 aliphatic rings. The van der Waals surface area contributed by atoms with Crippen molar-refractivity contribution in [1.82, 2.24) is 5.32 Å². The Labute approximate surface area is 70.8 Å². The molecule has 66 valence electrons. The number of rotatable bonds is 3. The van der Waals surface area contributed by atoms with Crippen LogP contribution >= 0.6 is 0 Å². The lowest BCUT2D eigenvalue weighted by Gasteiger charge is -2.00. The van der Waals surface area contributed by atoms with Gasteiger partial charge in [-0.25, -0.2) is 0 Å². The Balaban J connectivity index is 2.31. The third-order valence-electron chi connectivity index (χ3n) is 1.96. The summed E-state index contributed by atoms with van der Waals surface area (Å²) in [6, 6.07) is 0. The molecule has 1 amide bonds. The molecule has 1 aliphatic carbocycles. The lowest BCUT2D eigenvalue weighted by atomic mass is 10.3. The molecule has 1 saturated carbocycles. The van der Waals surface area contributed by atoms with Crippen LogP contribution in [0.15, 0.2) is 12.7 Å². The SMILES string of the molecule is C=CC(=N)NC(=O)[C@H]1C[C@@H]1CO. The van der Waals surface area contributed by atoms with E-state index in [9.17, 15) is 4.79 Å². The fourth-order valence-corrected chi connectivity index (χ4v) is 1.05. The van der Waals surface area contributed by atoms with Crippen molar-refractivity contribution in [3.05, 3.63) is 12.7 Å². The van der Waals surface area contributed by atoms with Crippen molar-refractivity contribution in [3.63, 3.8) is 0 Å². The van der Waals surface area contributed by atoms with Gasteiger partial charge in [-0.3, -0.25) is 10.2 Å². The van der Waals surface area contributed by atoms with Crippen molar-refractivity contribution in [2.75, 3.05) is 6.61 Å². The number of amides is 1. The first kappa shape index (κ1) is 8.93. The predicted octanol–water partition coefficient (Wildman–Crippen LogP) is -0.106. The van der Waals surface area contributed by atoms with E-state index in [0.29, 0.717) is 0 Å². The minimum absolute atomic E-state index is 0.0172. The molecule has 0 radical (unpaired) electrons. The summed E-state index contributed by atoms with van der Waals surface area (Å²) >= 11 is 0. The zero-order chi connectivity index (χ0) is 9.14. The number of hydrogen-bond donors (Lipinski definition) is 3. The Hall–Kier alpha value is -1.16. The van der Waals surface area contributed by atoms with Gasteiger partial charge in [-0.05, 0) is 18.4 Å². The van der Waals surface area contributed by atoms with E-state index in [1.807, 2.05) is 0 Å². The molecule has 0 bridgehead atoms. The predicted molar refractivity (Wildman–Crippen MR) is 44.7 cm³/mol. The minimum Gasteiger partial charge on any atom is -0.396 e. The Morgan fingerprint density at radius 2 is 2.50 bits per heavy atom. The Morgan fingerprint density at radius 1 is 1.83 bits per heavy atom. The van der Waals surface area contributed by atoms with Gasteiger partial charge in [-0.2, -0.15) is 0 Å². The monoisotopic (exact) mass is 168 g/mol. The average Bonchev–Trinajstić information content (AvgIpc) is 2.82. The van der Waals surface area contributed by atoms with Crippen LogP contribution < -0.4 is 5.32 Å². The smallest absolute Gasteiger partial charge is 0.229 e. The van der Waals surface area contributed by atoms with E-state index in [2.05, 4.69) is 11.9 Å². The average molecular weight is 168 g/mol. The third-order valence-corrected chi connectivity index (χ3v) is 1.96. The van der Waals surface area contributed by atoms with Gasteiger partial charge < -0.3 is 10.4 Å². The van der Waals surface area contributed by atoms with Crippen molar-refractivity contribution in [2.45, 2.75) is 6.42 Å². The summed E-state index contributed by atoms with van der Waals surface area (Å²) in [5.74, 6) is -0.166. The van der Waals surface area contributed by atoms with Gasteiger partial charge in [0.15, 0.2) is 0 Å². The zero-order valence-electron chi connectivity index (χ0n) is 6.71. The molecule has 0 heterocycles. The molecule has 1 rings (SSSR count). The summed E-state index contributed by atoms with van der Waals surface area (Å²) in [5.41, 5.74) is 0. The van der Waals surface area contributed by atoms with Crippen molar-refractivity contribution >= 4 is 11.7 Å². The van der Waals surface area contributed by atoms with Crippen LogP contribution in [-0.2, 0) is 4.79 Å². The number of carbonyl (C=O) groups is 1. The second kappa shape index (κ2) is 3.49. The number of carbonyl (C=O) groups excluding carboxylic acids is 1. The second-order valence-corrected chi connectivity index (χ2v) is 2.89. The molecule has 3 N–H and O–H groups in total. The molecule has 0 spiro atoms. The van der Waals surface area contributed by atoms with Crippen molar-refractivity contribution in [2.24, 2.45) is 11.8 Å². The third kappa shape index (κ3) is 1.92. The van der Waals surface area contributed by atoms with Gasteiger partial charge >= 0.3 is 0 Å². The van der Waals surface area contributed by atoms with Gasteiger partial charge in [0.2, 0.25) is 5.91 Å². The maximum Gasteiger partial charge on any atom is 0.229 e. The summed E-state index contributed by atoms with van der Waals surface area (Å²) in [5, 5.41) is 18.1. The molecule has 4 heteroatoms. The molecule has 0 unspecified atom stereocenters. The molecule has 0 aromatic heterocycles. The molecule has 0 saturated heterocycles. The van der Waals surface area contributed by atoms with E-state index in [1.54, 1.807) is 0 Å². The summed E-state index contributed by atoms with van der Waals surface area (Å²) in [6.07, 6.45) is 2.00. The van der Waals surface area contributed by atoms with Crippen molar-refractivity contribution < 1.29 is 9.90 Å². The summed E-state index contributed by atoms with van der Waals surface area (Å²) < 4.78 is 0. The lowest BCUT2D eigenvalue weighted by molar-refractivity contribution is -0.121. The molecule has 4 nitrogen and oxygen atoms in total. The highest BCUT2D eigenvalue weighted by Gasteiger charge is 2.42. The number of aliphatic hydroxyl groups excluding tert-OH is 1. The number of amidine groups is 1. The first-order valence-electron chi connectivity index (χ1n) is 3.81. The van der Waals surface area contributed by atoms with Crippen LogP contribution in [0.5, 0.6) is 0 Å². The van der Waals surface area contributed by atoms with Gasteiger partial charge in [-0.15, -0.1) is 0 Å². The standard InChI is InChI=1S/C8H12N2O2/c1-2-7(9)10-8(12)6-3-5(6)4-11/h2,5-6,11H,1,3-4H2,(H2,9,10,12)/t5-,6+/m1/s1. The van der Waals surface area contributed by atoms with Crippen LogP contribution in [0.1, 0.15) is 6.42 Å². The highest BCUT2D eigenvalue weighted by atomic mass is 16.3. The maximum absolute atomic E-state index is 11.1. The lowest BCUT2D eigenvalue weighted by Crippen LogP contribution is -2.30. The van der Waals surface area contributed by atoms with Crippen molar-refractivity contribution in [1.29, 1.82) is 5.41 Å². The van der Waals surface area contributed by atoms with Gasteiger partial charge in [0.25, 0.3) is 0 Å². The maximum atomic E-state index is 11.1. The number of hydrogen-bond acceptors (Lipinski definition) is 3. The summed E-state index contributed by atoms with van der Waals surface area (Å²) in [4.78, 5) is 11.1. The zero-order valence-corrected chi connectivity index (χ0v) is 6.71. The molecular weight excluding hydrogens is 156 g/mol. The van der Waals surface area contributed by atoms with Crippen LogP contribution in [-0.4, -0.2) is 23.5 Å². The molecule has 2 atom stereocenters. The van der Waals surface area contributed by atoms with Crippen LogP contribution in [0.4, 0.5) is 0 Å². The van der Waals surface area contributed by atoms with Gasteiger partial charge in [-0.1, -0.05) is 6.58 Å². The highest BCUT2D eigenvalue weighted by molar-refractivity contribution is 6.03. The van der Waals surface area contributed by atoms with Gasteiger partial charge in [0.05, 0.1) is 0 Å².